The first-order chi connectivity index (χ1) is 8.24. The van der Waals surface area contributed by atoms with E-state index in [2.05, 4.69) is 24.4 Å². The van der Waals surface area contributed by atoms with Crippen LogP contribution in [0.25, 0.3) is 0 Å². The number of rotatable bonds is 3. The van der Waals surface area contributed by atoms with Gasteiger partial charge in [0.15, 0.2) is 0 Å². The van der Waals surface area contributed by atoms with Gasteiger partial charge < -0.3 is 5.32 Å². The average molecular weight is 229 g/mol. The summed E-state index contributed by atoms with van der Waals surface area (Å²) < 4.78 is 0. The van der Waals surface area contributed by atoms with Crippen molar-refractivity contribution in [2.24, 2.45) is 17.8 Å². The fourth-order valence-corrected chi connectivity index (χ4v) is 3.09. The molecule has 1 aromatic rings. The highest BCUT2D eigenvalue weighted by Gasteiger charge is 2.48. The first-order valence-corrected chi connectivity index (χ1v) is 6.59. The number of carbonyl (C=O) groups excluding carboxylic acids is 1. The molecule has 1 N–H and O–H groups in total. The molecule has 2 unspecified atom stereocenters. The van der Waals surface area contributed by atoms with Crippen molar-refractivity contribution in [3.8, 4) is 0 Å². The zero-order valence-corrected chi connectivity index (χ0v) is 10.2. The lowest BCUT2D eigenvalue weighted by Crippen LogP contribution is -2.32. The molecule has 3 rings (SSSR count). The molecule has 0 radical (unpaired) electrons. The number of hydrogen-bond acceptors (Lipinski definition) is 1. The summed E-state index contributed by atoms with van der Waals surface area (Å²) in [6.45, 7) is 2.06. The average Bonchev–Trinajstić information content (AvgIpc) is 2.97. The molecule has 0 aromatic heterocycles. The van der Waals surface area contributed by atoms with Crippen molar-refractivity contribution in [3.63, 3.8) is 0 Å². The van der Waals surface area contributed by atoms with E-state index in [1.165, 1.54) is 12.0 Å². The summed E-state index contributed by atoms with van der Waals surface area (Å²) in [5.41, 5.74) is 1.18. The highest BCUT2D eigenvalue weighted by atomic mass is 16.1. The second kappa shape index (κ2) is 4.17. The molecule has 1 amide bonds. The van der Waals surface area contributed by atoms with Crippen molar-refractivity contribution in [2.75, 3.05) is 0 Å². The summed E-state index contributed by atoms with van der Waals surface area (Å²) in [7, 11) is 0. The van der Waals surface area contributed by atoms with Gasteiger partial charge in [0.25, 0.3) is 0 Å². The molecule has 0 bridgehead atoms. The van der Waals surface area contributed by atoms with Crippen LogP contribution < -0.4 is 5.32 Å². The molecule has 2 fully saturated rings. The number of hydrogen-bond donors (Lipinski definition) is 1. The maximum absolute atomic E-state index is 12.1. The molecule has 2 heteroatoms. The van der Waals surface area contributed by atoms with Crippen LogP contribution in [-0.2, 0) is 4.79 Å². The topological polar surface area (TPSA) is 29.1 Å². The van der Waals surface area contributed by atoms with E-state index in [9.17, 15) is 4.79 Å². The Hall–Kier alpha value is -1.31. The van der Waals surface area contributed by atoms with Crippen LogP contribution >= 0.6 is 0 Å². The first-order valence-electron chi connectivity index (χ1n) is 6.59. The summed E-state index contributed by atoms with van der Waals surface area (Å²) in [6.07, 6.45) is 3.62. The third kappa shape index (κ3) is 2.21. The quantitative estimate of drug-likeness (QED) is 0.848. The molecule has 2 aliphatic rings. The number of amides is 1. The maximum atomic E-state index is 12.1. The van der Waals surface area contributed by atoms with Crippen molar-refractivity contribution >= 4 is 5.91 Å². The van der Waals surface area contributed by atoms with Crippen molar-refractivity contribution in [3.05, 3.63) is 35.9 Å². The van der Waals surface area contributed by atoms with Crippen LogP contribution in [0.3, 0.4) is 0 Å². The molecule has 0 heterocycles. The molecule has 3 atom stereocenters. The van der Waals surface area contributed by atoms with Gasteiger partial charge in [0.1, 0.15) is 0 Å². The van der Waals surface area contributed by atoms with E-state index in [-0.39, 0.29) is 17.9 Å². The predicted molar refractivity (Wildman–Crippen MR) is 67.3 cm³/mol. The van der Waals surface area contributed by atoms with E-state index >= 15 is 0 Å². The van der Waals surface area contributed by atoms with E-state index in [0.717, 1.165) is 24.7 Å². The maximum Gasteiger partial charge on any atom is 0.223 e. The SMILES string of the molecule is C[C@H](NC(=O)C1CC2CC2C1)c1ccccc1. The lowest BCUT2D eigenvalue weighted by Gasteiger charge is -2.18. The second-order valence-corrected chi connectivity index (χ2v) is 5.57. The van der Waals surface area contributed by atoms with Gasteiger partial charge in [-0.05, 0) is 43.6 Å². The van der Waals surface area contributed by atoms with Crippen LogP contribution in [0.15, 0.2) is 30.3 Å². The molecule has 2 aliphatic carbocycles. The minimum absolute atomic E-state index is 0.126. The van der Waals surface area contributed by atoms with Crippen LogP contribution in [0.2, 0.25) is 0 Å². The van der Waals surface area contributed by atoms with E-state index < -0.39 is 0 Å². The highest BCUT2D eigenvalue weighted by molar-refractivity contribution is 5.79. The Morgan fingerprint density at radius 3 is 2.47 bits per heavy atom. The highest BCUT2D eigenvalue weighted by Crippen LogP contribution is 2.54. The Morgan fingerprint density at radius 2 is 1.82 bits per heavy atom. The number of benzene rings is 1. The van der Waals surface area contributed by atoms with Gasteiger partial charge in [-0.1, -0.05) is 30.3 Å². The Morgan fingerprint density at radius 1 is 1.18 bits per heavy atom. The molecule has 0 saturated heterocycles. The van der Waals surface area contributed by atoms with Crippen LogP contribution in [-0.4, -0.2) is 5.91 Å². The largest absolute Gasteiger partial charge is 0.349 e. The lowest BCUT2D eigenvalue weighted by atomic mass is 10.0. The van der Waals surface area contributed by atoms with Gasteiger partial charge in [-0.2, -0.15) is 0 Å². The third-order valence-electron chi connectivity index (χ3n) is 4.27. The van der Waals surface area contributed by atoms with Crippen molar-refractivity contribution in [1.29, 1.82) is 0 Å². The van der Waals surface area contributed by atoms with Gasteiger partial charge in [-0.15, -0.1) is 0 Å². The molecule has 0 spiro atoms. The van der Waals surface area contributed by atoms with Gasteiger partial charge in [-0.3, -0.25) is 4.79 Å². The second-order valence-electron chi connectivity index (χ2n) is 5.57. The standard InChI is InChI=1S/C15H19NO/c1-10(11-5-3-2-4-6-11)16-15(17)14-8-12-7-13(12)9-14/h2-6,10,12-14H,7-9H2,1H3,(H,16,17)/t10-,12?,13?,14?/m0/s1. The fourth-order valence-electron chi connectivity index (χ4n) is 3.09. The summed E-state index contributed by atoms with van der Waals surface area (Å²) in [6, 6.07) is 10.3. The zero-order chi connectivity index (χ0) is 11.8. The number of nitrogens with one attached hydrogen (secondary N) is 1. The lowest BCUT2D eigenvalue weighted by molar-refractivity contribution is -0.125. The molecule has 2 nitrogen and oxygen atoms in total. The van der Waals surface area contributed by atoms with Crippen LogP contribution in [0.5, 0.6) is 0 Å². The molecule has 2 saturated carbocycles. The molecular formula is C15H19NO. The van der Waals surface area contributed by atoms with Crippen LogP contribution in [0, 0.1) is 17.8 Å². The predicted octanol–water partition coefficient (Wildman–Crippen LogP) is 2.91. The van der Waals surface area contributed by atoms with Gasteiger partial charge in [0.05, 0.1) is 6.04 Å². The number of fused-ring (bicyclic) bond motifs is 1. The number of carbonyl (C=O) groups is 1. The fraction of sp³-hybridized carbons (Fsp3) is 0.533. The van der Waals surface area contributed by atoms with E-state index in [1.807, 2.05) is 18.2 Å². The van der Waals surface area contributed by atoms with Gasteiger partial charge in [-0.25, -0.2) is 0 Å². The summed E-state index contributed by atoms with van der Waals surface area (Å²) >= 11 is 0. The van der Waals surface area contributed by atoms with Crippen molar-refractivity contribution in [1.82, 2.24) is 5.32 Å². The van der Waals surface area contributed by atoms with Crippen molar-refractivity contribution in [2.45, 2.75) is 32.2 Å². The van der Waals surface area contributed by atoms with Gasteiger partial charge >= 0.3 is 0 Å². The normalized spacial score (nSPS) is 31.7. The Labute approximate surface area is 102 Å². The third-order valence-corrected chi connectivity index (χ3v) is 4.27. The van der Waals surface area contributed by atoms with E-state index in [4.69, 9.17) is 0 Å². The summed E-state index contributed by atoms with van der Waals surface area (Å²) in [4.78, 5) is 12.1. The Balaban J connectivity index is 1.57. The molecule has 1 aromatic carbocycles. The van der Waals surface area contributed by atoms with E-state index in [0.29, 0.717) is 0 Å². The molecule has 90 valence electrons. The van der Waals surface area contributed by atoms with Crippen molar-refractivity contribution < 1.29 is 4.79 Å². The Bertz CT molecular complexity index is 404. The van der Waals surface area contributed by atoms with E-state index in [1.54, 1.807) is 0 Å². The summed E-state index contributed by atoms with van der Waals surface area (Å²) in [5.74, 6) is 2.29. The van der Waals surface area contributed by atoms with Crippen LogP contribution in [0.1, 0.15) is 37.8 Å². The van der Waals surface area contributed by atoms with Gasteiger partial charge in [0, 0.05) is 5.92 Å². The monoisotopic (exact) mass is 229 g/mol. The first kappa shape index (κ1) is 10.8. The molecule has 0 aliphatic heterocycles. The minimum atomic E-state index is 0.126. The molecule has 17 heavy (non-hydrogen) atoms. The van der Waals surface area contributed by atoms with Gasteiger partial charge in [0.2, 0.25) is 5.91 Å². The summed E-state index contributed by atoms with van der Waals surface area (Å²) in [5, 5.41) is 3.14. The Kier molecular flexibility index (Phi) is 2.65. The molecular weight excluding hydrogens is 210 g/mol. The zero-order valence-electron chi connectivity index (χ0n) is 10.2. The minimum Gasteiger partial charge on any atom is -0.349 e. The van der Waals surface area contributed by atoms with Crippen LogP contribution in [0.4, 0.5) is 0 Å². The smallest absolute Gasteiger partial charge is 0.223 e.